The molecule has 1 N–H and O–H groups in total. The summed E-state index contributed by atoms with van der Waals surface area (Å²) in [4.78, 5) is 9.25. The number of rotatable bonds is 1. The quantitative estimate of drug-likeness (QED) is 0.622. The number of ether oxygens (including phenoxy) is 1. The second-order valence-electron chi connectivity index (χ2n) is 1.86. The van der Waals surface area contributed by atoms with Gasteiger partial charge in [0, 0.05) is 19.3 Å². The fourth-order valence-electron chi connectivity index (χ4n) is 0.510. The number of hydrogen-bond acceptors (Lipinski definition) is 2. The molecule has 0 spiro atoms. The summed E-state index contributed by atoms with van der Waals surface area (Å²) in [6, 6.07) is 0. The third-order valence-corrected chi connectivity index (χ3v) is 1.00. The van der Waals surface area contributed by atoms with E-state index < -0.39 is 5.97 Å². The largest absolute Gasteiger partial charge is 0.478 e. The molecule has 66 valence electrons. The van der Waals surface area contributed by atoms with Crippen LogP contribution in [-0.4, -0.2) is 24.3 Å². The summed E-state index contributed by atoms with van der Waals surface area (Å²) in [5.41, 5.74) is 0. The van der Waals surface area contributed by atoms with Crippen molar-refractivity contribution in [2.45, 2.75) is 12.8 Å². The van der Waals surface area contributed by atoms with Crippen molar-refractivity contribution in [2.24, 2.45) is 0 Å². The van der Waals surface area contributed by atoms with Crippen LogP contribution in [0.1, 0.15) is 12.8 Å². The molecule has 0 bridgehead atoms. The summed E-state index contributed by atoms with van der Waals surface area (Å²) in [6.45, 7) is 4.96. The first-order valence-corrected chi connectivity index (χ1v) is 3.20. The van der Waals surface area contributed by atoms with E-state index >= 15 is 0 Å². The fraction of sp³-hybridized carbons (Fsp3) is 0.571. The van der Waals surface area contributed by atoms with Crippen LogP contribution in [0, 0.1) is 0 Å². The maximum Gasteiger partial charge on any atom is 0.327 e. The lowest BCUT2D eigenvalue weighted by Crippen LogP contribution is -1.82. The Morgan fingerprint density at radius 3 is 1.91 bits per heavy atom. The monoisotopic (exact) mass is 180 g/mol. The summed E-state index contributed by atoms with van der Waals surface area (Å²) < 4.78 is 4.94. The van der Waals surface area contributed by atoms with Crippen molar-refractivity contribution >= 4 is 18.4 Å². The normalized spacial score (nSPS) is 13.8. The van der Waals surface area contributed by atoms with Gasteiger partial charge in [0.15, 0.2) is 0 Å². The lowest BCUT2D eigenvalue weighted by molar-refractivity contribution is -0.131. The Balaban J connectivity index is 0. The van der Waals surface area contributed by atoms with Crippen molar-refractivity contribution < 1.29 is 14.6 Å². The molecule has 1 aliphatic rings. The summed E-state index contributed by atoms with van der Waals surface area (Å²) in [6.07, 6.45) is 3.39. The van der Waals surface area contributed by atoms with Crippen LogP contribution in [0.2, 0.25) is 0 Å². The Bertz CT molecular complexity index is 103. The maximum atomic E-state index is 9.25. The lowest BCUT2D eigenvalue weighted by atomic mass is 10.4. The van der Waals surface area contributed by atoms with Gasteiger partial charge in [-0.2, -0.15) is 0 Å². The molecule has 4 heteroatoms. The summed E-state index contributed by atoms with van der Waals surface area (Å²) in [5, 5.41) is 7.60. The Kier molecular flexibility index (Phi) is 11.2. The zero-order valence-corrected chi connectivity index (χ0v) is 7.10. The van der Waals surface area contributed by atoms with Gasteiger partial charge in [-0.3, -0.25) is 0 Å². The van der Waals surface area contributed by atoms with E-state index in [1.54, 1.807) is 0 Å². The number of halogens is 1. The molecule has 1 rings (SSSR count). The van der Waals surface area contributed by atoms with E-state index in [-0.39, 0.29) is 12.4 Å². The van der Waals surface area contributed by atoms with E-state index in [0.717, 1.165) is 19.3 Å². The first-order chi connectivity index (χ1) is 4.77. The van der Waals surface area contributed by atoms with Crippen LogP contribution in [0.3, 0.4) is 0 Å². The van der Waals surface area contributed by atoms with E-state index in [2.05, 4.69) is 6.58 Å². The molecule has 1 fully saturated rings. The highest BCUT2D eigenvalue weighted by Gasteiger charge is 1.94. The molecule has 0 unspecified atom stereocenters. The number of carboxylic acid groups (broad SMARTS) is 1. The number of hydrogen-bond donors (Lipinski definition) is 1. The first-order valence-electron chi connectivity index (χ1n) is 3.20. The van der Waals surface area contributed by atoms with Crippen molar-refractivity contribution in [3.63, 3.8) is 0 Å². The zero-order chi connectivity index (χ0) is 7.82. The van der Waals surface area contributed by atoms with Crippen molar-refractivity contribution in [1.29, 1.82) is 0 Å². The highest BCUT2D eigenvalue weighted by Crippen LogP contribution is 1.98. The van der Waals surface area contributed by atoms with Gasteiger partial charge >= 0.3 is 5.97 Å². The average Bonchev–Trinajstić information content (AvgIpc) is 2.43. The molecule has 0 aliphatic carbocycles. The molecule has 0 saturated carbocycles. The molecule has 11 heavy (non-hydrogen) atoms. The topological polar surface area (TPSA) is 46.5 Å². The van der Waals surface area contributed by atoms with Gasteiger partial charge in [0.2, 0.25) is 0 Å². The standard InChI is InChI=1S/C4H8O.C3H4O2.ClH/c1-2-4-5-3-1;1-2-3(4)5;/h1-4H2;2H,1H2,(H,4,5);1H. The molecule has 1 aliphatic heterocycles. The van der Waals surface area contributed by atoms with E-state index in [1.165, 1.54) is 12.8 Å². The minimum atomic E-state index is -0.981. The van der Waals surface area contributed by atoms with Gasteiger partial charge in [-0.15, -0.1) is 12.4 Å². The van der Waals surface area contributed by atoms with Crippen LogP contribution in [0.15, 0.2) is 12.7 Å². The minimum absolute atomic E-state index is 0. The molecule has 3 nitrogen and oxygen atoms in total. The Labute approximate surface area is 72.5 Å². The smallest absolute Gasteiger partial charge is 0.327 e. The number of carboxylic acids is 1. The van der Waals surface area contributed by atoms with E-state index in [9.17, 15) is 4.79 Å². The second kappa shape index (κ2) is 9.46. The van der Waals surface area contributed by atoms with Crippen LogP contribution in [0.25, 0.3) is 0 Å². The van der Waals surface area contributed by atoms with Crippen LogP contribution in [0.5, 0.6) is 0 Å². The molecular weight excluding hydrogens is 168 g/mol. The third kappa shape index (κ3) is 12.6. The highest BCUT2D eigenvalue weighted by atomic mass is 35.5. The molecule has 0 aromatic rings. The summed E-state index contributed by atoms with van der Waals surface area (Å²) >= 11 is 0. The maximum absolute atomic E-state index is 9.25. The van der Waals surface area contributed by atoms with Gasteiger partial charge in [-0.05, 0) is 12.8 Å². The first kappa shape index (κ1) is 13.1. The Morgan fingerprint density at radius 2 is 1.82 bits per heavy atom. The number of aliphatic carboxylic acids is 1. The van der Waals surface area contributed by atoms with Gasteiger partial charge < -0.3 is 9.84 Å². The molecular formula is C7H13ClO3. The van der Waals surface area contributed by atoms with Crippen molar-refractivity contribution in [1.82, 2.24) is 0 Å². The third-order valence-electron chi connectivity index (χ3n) is 1.00. The van der Waals surface area contributed by atoms with E-state index in [1.807, 2.05) is 0 Å². The molecule has 0 aromatic carbocycles. The van der Waals surface area contributed by atoms with Gasteiger partial charge in [-0.1, -0.05) is 6.58 Å². The molecule has 1 saturated heterocycles. The Hall–Kier alpha value is -0.540. The van der Waals surface area contributed by atoms with Crippen molar-refractivity contribution in [2.75, 3.05) is 13.2 Å². The van der Waals surface area contributed by atoms with Crippen LogP contribution < -0.4 is 0 Å². The predicted octanol–water partition coefficient (Wildman–Crippen LogP) is 1.48. The molecule has 0 radical (unpaired) electrons. The van der Waals surface area contributed by atoms with Crippen LogP contribution >= 0.6 is 12.4 Å². The Morgan fingerprint density at radius 1 is 1.45 bits per heavy atom. The SMILES string of the molecule is C1CCOC1.C=CC(=O)O.Cl. The zero-order valence-electron chi connectivity index (χ0n) is 6.28. The van der Waals surface area contributed by atoms with Crippen molar-refractivity contribution in [3.05, 3.63) is 12.7 Å². The lowest BCUT2D eigenvalue weighted by Gasteiger charge is -1.76. The second-order valence-corrected chi connectivity index (χ2v) is 1.86. The van der Waals surface area contributed by atoms with Crippen LogP contribution in [0.4, 0.5) is 0 Å². The highest BCUT2D eigenvalue weighted by molar-refractivity contribution is 5.85. The van der Waals surface area contributed by atoms with Crippen LogP contribution in [-0.2, 0) is 9.53 Å². The van der Waals surface area contributed by atoms with Crippen molar-refractivity contribution in [3.8, 4) is 0 Å². The van der Waals surface area contributed by atoms with Gasteiger partial charge in [-0.25, -0.2) is 4.79 Å². The molecule has 0 atom stereocenters. The number of carbonyl (C=O) groups is 1. The van der Waals surface area contributed by atoms with Gasteiger partial charge in [0.25, 0.3) is 0 Å². The molecule has 0 amide bonds. The average molecular weight is 181 g/mol. The minimum Gasteiger partial charge on any atom is -0.478 e. The molecule has 0 aromatic heterocycles. The van der Waals surface area contributed by atoms with E-state index in [4.69, 9.17) is 9.84 Å². The van der Waals surface area contributed by atoms with Gasteiger partial charge in [0.1, 0.15) is 0 Å². The summed E-state index contributed by atoms with van der Waals surface area (Å²) in [5.74, 6) is -0.981. The fourth-order valence-corrected chi connectivity index (χ4v) is 0.510. The summed E-state index contributed by atoms with van der Waals surface area (Å²) in [7, 11) is 0. The van der Waals surface area contributed by atoms with E-state index in [0.29, 0.717) is 0 Å². The molecule has 1 heterocycles. The predicted molar refractivity (Wildman–Crippen MR) is 45.1 cm³/mol. The van der Waals surface area contributed by atoms with Gasteiger partial charge in [0.05, 0.1) is 0 Å².